The summed E-state index contributed by atoms with van der Waals surface area (Å²) in [7, 11) is 0. The minimum atomic E-state index is -0.369. The van der Waals surface area contributed by atoms with Crippen molar-refractivity contribution < 1.29 is 9.53 Å². The van der Waals surface area contributed by atoms with Crippen LogP contribution < -0.4 is 10.1 Å². The third-order valence-corrected chi connectivity index (χ3v) is 4.93. The van der Waals surface area contributed by atoms with Crippen LogP contribution in [0.5, 0.6) is 5.75 Å². The van der Waals surface area contributed by atoms with Crippen molar-refractivity contribution in [1.29, 1.82) is 5.26 Å². The maximum Gasteiger partial charge on any atom is 0.261 e. The number of halogens is 2. The molecule has 2 aromatic carbocycles. The van der Waals surface area contributed by atoms with E-state index in [1.165, 1.54) is 5.56 Å². The van der Waals surface area contributed by atoms with Crippen LogP contribution in [0, 0.1) is 11.3 Å². The fourth-order valence-electron chi connectivity index (χ4n) is 2.49. The summed E-state index contributed by atoms with van der Waals surface area (Å²) in [5.41, 5.74) is 2.03. The quantitative estimate of drug-likeness (QED) is 0.311. The molecule has 0 fully saturated rings. The van der Waals surface area contributed by atoms with E-state index >= 15 is 0 Å². The molecule has 0 aliphatic rings. The van der Waals surface area contributed by atoms with Crippen LogP contribution in [-0.4, -0.2) is 19.1 Å². The molecule has 0 aliphatic heterocycles. The van der Waals surface area contributed by atoms with E-state index in [2.05, 4.69) is 49.3 Å². The number of ether oxygens (including phenoxy) is 1. The summed E-state index contributed by atoms with van der Waals surface area (Å²) in [5, 5.41) is 12.1. The average molecular weight is 492 g/mol. The molecule has 0 unspecified atom stereocenters. The molecule has 140 valence electrons. The third-order valence-electron chi connectivity index (χ3n) is 3.76. The van der Waals surface area contributed by atoms with Gasteiger partial charge < -0.3 is 10.1 Å². The van der Waals surface area contributed by atoms with Crippen LogP contribution in [0.15, 0.2) is 57.0 Å². The second-order valence-electron chi connectivity index (χ2n) is 5.76. The lowest BCUT2D eigenvalue weighted by Crippen LogP contribution is -2.25. The molecule has 1 amide bonds. The van der Waals surface area contributed by atoms with Gasteiger partial charge in [-0.15, -0.1) is 0 Å². The number of nitrogens with one attached hydrogen (secondary N) is 1. The zero-order chi connectivity index (χ0) is 19.6. The van der Waals surface area contributed by atoms with Crippen molar-refractivity contribution >= 4 is 43.8 Å². The Balaban J connectivity index is 1.98. The van der Waals surface area contributed by atoms with Crippen molar-refractivity contribution in [2.75, 3.05) is 13.2 Å². The summed E-state index contributed by atoms with van der Waals surface area (Å²) >= 11 is 6.91. The smallest absolute Gasteiger partial charge is 0.261 e. The Morgan fingerprint density at radius 2 is 1.89 bits per heavy atom. The van der Waals surface area contributed by atoms with Crippen molar-refractivity contribution in [1.82, 2.24) is 5.32 Å². The van der Waals surface area contributed by atoms with Gasteiger partial charge in [0.05, 0.1) is 15.6 Å². The first-order chi connectivity index (χ1) is 13.0. The Labute approximate surface area is 176 Å². The molecule has 27 heavy (non-hydrogen) atoms. The van der Waals surface area contributed by atoms with Crippen LogP contribution in [0.2, 0.25) is 0 Å². The van der Waals surface area contributed by atoms with Crippen LogP contribution in [0.25, 0.3) is 6.08 Å². The summed E-state index contributed by atoms with van der Waals surface area (Å²) in [6.07, 6.45) is 3.26. The number of hydrogen-bond acceptors (Lipinski definition) is 3. The first-order valence-corrected chi connectivity index (χ1v) is 10.2. The first-order valence-electron chi connectivity index (χ1n) is 8.61. The molecule has 0 atom stereocenters. The van der Waals surface area contributed by atoms with Gasteiger partial charge in [0, 0.05) is 6.54 Å². The summed E-state index contributed by atoms with van der Waals surface area (Å²) < 4.78 is 7.05. The second-order valence-corrected chi connectivity index (χ2v) is 7.47. The molecular formula is C21H20Br2N2O2. The van der Waals surface area contributed by atoms with Crippen LogP contribution in [0.1, 0.15) is 24.5 Å². The Hall–Kier alpha value is -2.10. The highest BCUT2D eigenvalue weighted by atomic mass is 79.9. The highest BCUT2D eigenvalue weighted by molar-refractivity contribution is 9.11. The normalized spacial score (nSPS) is 11.0. The topological polar surface area (TPSA) is 62.1 Å². The zero-order valence-electron chi connectivity index (χ0n) is 15.0. The number of rotatable bonds is 8. The molecule has 0 aliphatic carbocycles. The summed E-state index contributed by atoms with van der Waals surface area (Å²) in [5.74, 6) is 0.324. The highest BCUT2D eigenvalue weighted by Crippen LogP contribution is 2.35. The molecule has 2 aromatic rings. The van der Waals surface area contributed by atoms with Crippen molar-refractivity contribution in [3.8, 4) is 11.8 Å². The first kappa shape index (κ1) is 21.2. The number of nitrogens with zero attached hydrogens (tertiary/aromatic N) is 1. The van der Waals surface area contributed by atoms with E-state index in [9.17, 15) is 10.1 Å². The van der Waals surface area contributed by atoms with E-state index in [0.29, 0.717) is 18.9 Å². The van der Waals surface area contributed by atoms with Crippen molar-refractivity contribution in [2.45, 2.75) is 19.8 Å². The zero-order valence-corrected chi connectivity index (χ0v) is 18.1. The van der Waals surface area contributed by atoms with Crippen molar-refractivity contribution in [2.24, 2.45) is 0 Å². The van der Waals surface area contributed by atoms with Gasteiger partial charge in [-0.1, -0.05) is 30.3 Å². The van der Waals surface area contributed by atoms with Crippen LogP contribution in [0.4, 0.5) is 0 Å². The molecule has 1 N–H and O–H groups in total. The molecule has 4 nitrogen and oxygen atoms in total. The molecular weight excluding hydrogens is 472 g/mol. The fourth-order valence-corrected chi connectivity index (χ4v) is 3.95. The van der Waals surface area contributed by atoms with Crippen molar-refractivity contribution in [3.05, 3.63) is 68.1 Å². The van der Waals surface area contributed by atoms with Gasteiger partial charge in [-0.05, 0) is 81.0 Å². The number of amides is 1. The monoisotopic (exact) mass is 490 g/mol. The van der Waals surface area contributed by atoms with Crippen molar-refractivity contribution in [3.63, 3.8) is 0 Å². The summed E-state index contributed by atoms with van der Waals surface area (Å²) in [6, 6.07) is 15.7. The molecule has 0 heterocycles. The van der Waals surface area contributed by atoms with E-state index in [-0.39, 0.29) is 11.5 Å². The maximum atomic E-state index is 12.3. The van der Waals surface area contributed by atoms with E-state index < -0.39 is 0 Å². The molecule has 2 rings (SSSR count). The van der Waals surface area contributed by atoms with Gasteiger partial charge in [0.1, 0.15) is 17.4 Å². The van der Waals surface area contributed by atoms with Gasteiger partial charge in [-0.25, -0.2) is 0 Å². The Morgan fingerprint density at radius 1 is 1.22 bits per heavy atom. The highest BCUT2D eigenvalue weighted by Gasteiger charge is 2.11. The lowest BCUT2D eigenvalue weighted by molar-refractivity contribution is -0.117. The molecule has 0 saturated heterocycles. The van der Waals surface area contributed by atoms with Crippen LogP contribution in [0.3, 0.4) is 0 Å². The molecule has 0 bridgehead atoms. The van der Waals surface area contributed by atoms with Gasteiger partial charge >= 0.3 is 0 Å². The lowest BCUT2D eigenvalue weighted by Gasteiger charge is -2.10. The molecule has 0 saturated carbocycles. The summed E-state index contributed by atoms with van der Waals surface area (Å²) in [4.78, 5) is 12.3. The number of carbonyl (C=O) groups excluding carboxylic acids is 1. The molecule has 0 spiro atoms. The number of benzene rings is 2. The lowest BCUT2D eigenvalue weighted by atomic mass is 10.1. The third kappa shape index (κ3) is 6.53. The van der Waals surface area contributed by atoms with Gasteiger partial charge in [0.25, 0.3) is 5.91 Å². The largest absolute Gasteiger partial charge is 0.492 e. The molecule has 0 radical (unpaired) electrons. The van der Waals surface area contributed by atoms with Crippen LogP contribution in [-0.2, 0) is 11.2 Å². The number of aryl methyl sites for hydroxylation is 1. The Bertz CT molecular complexity index is 835. The molecule has 0 aromatic heterocycles. The summed E-state index contributed by atoms with van der Waals surface area (Å²) in [6.45, 7) is 2.97. The van der Waals surface area contributed by atoms with Crippen LogP contribution >= 0.6 is 31.9 Å². The number of nitriles is 1. The van der Waals surface area contributed by atoms with Gasteiger partial charge in [-0.2, -0.15) is 5.26 Å². The van der Waals surface area contributed by atoms with Gasteiger partial charge in [-0.3, -0.25) is 4.79 Å². The number of hydrogen-bond donors (Lipinski definition) is 1. The number of carbonyl (C=O) groups is 1. The Morgan fingerprint density at radius 3 is 2.48 bits per heavy atom. The SMILES string of the molecule is CCOc1c(Br)cc(/C=C(/C#N)C(=O)NCCCc2ccccc2)cc1Br. The maximum absolute atomic E-state index is 12.3. The second kappa shape index (κ2) is 10.9. The van der Waals surface area contributed by atoms with Gasteiger partial charge in [0.15, 0.2) is 0 Å². The minimum Gasteiger partial charge on any atom is -0.492 e. The van der Waals surface area contributed by atoms with E-state index in [0.717, 1.165) is 27.4 Å². The Kier molecular flexibility index (Phi) is 8.56. The molecule has 6 heteroatoms. The average Bonchev–Trinajstić information content (AvgIpc) is 2.67. The standard InChI is InChI=1S/C21H20Br2N2O2/c1-2-27-20-18(22)12-16(13-19(20)23)11-17(14-24)21(26)25-10-6-9-15-7-4-3-5-8-15/h3-5,7-8,11-13H,2,6,9-10H2,1H3,(H,25,26)/b17-11-. The predicted molar refractivity (Wildman–Crippen MR) is 114 cm³/mol. The minimum absolute atomic E-state index is 0.0673. The van der Waals surface area contributed by atoms with E-state index in [1.807, 2.05) is 43.3 Å². The predicted octanol–water partition coefficient (Wildman–Crippen LogP) is 5.27. The van der Waals surface area contributed by atoms with E-state index in [1.54, 1.807) is 6.08 Å². The fraction of sp³-hybridized carbons (Fsp3) is 0.238. The van der Waals surface area contributed by atoms with E-state index in [4.69, 9.17) is 4.74 Å². The van der Waals surface area contributed by atoms with Gasteiger partial charge in [0.2, 0.25) is 0 Å².